The van der Waals surface area contributed by atoms with E-state index in [4.69, 9.17) is 9.63 Å². The van der Waals surface area contributed by atoms with E-state index in [0.29, 0.717) is 5.76 Å². The molecule has 0 radical (unpaired) electrons. The highest BCUT2D eigenvalue weighted by Crippen LogP contribution is 2.19. The summed E-state index contributed by atoms with van der Waals surface area (Å²) < 4.78 is 4.78. The second-order valence-corrected chi connectivity index (χ2v) is 4.12. The standard InChI is InChI=1S/C10H14N2O4/c1-10(2,9(14)15)5-8(13)11-6-7-3-4-12-16-7/h3-4H,5-6H2,1-2H3,(H,11,13)(H,14,15). The molecule has 6 heteroatoms. The maximum atomic E-state index is 11.4. The molecular formula is C10H14N2O4. The SMILES string of the molecule is CC(C)(CC(=O)NCc1ccno1)C(=O)O. The van der Waals surface area contributed by atoms with E-state index in [1.165, 1.54) is 20.0 Å². The number of aliphatic carboxylic acids is 1. The van der Waals surface area contributed by atoms with Gasteiger partial charge in [0.05, 0.1) is 18.2 Å². The molecule has 0 saturated carbocycles. The summed E-state index contributed by atoms with van der Waals surface area (Å²) in [6, 6.07) is 1.63. The number of carboxylic acid groups (broad SMARTS) is 1. The van der Waals surface area contributed by atoms with Gasteiger partial charge in [-0.25, -0.2) is 0 Å². The summed E-state index contributed by atoms with van der Waals surface area (Å²) in [6.45, 7) is 3.22. The molecule has 1 heterocycles. The Balaban J connectivity index is 2.39. The minimum absolute atomic E-state index is 0.0729. The maximum absolute atomic E-state index is 11.4. The first-order valence-electron chi connectivity index (χ1n) is 4.81. The number of nitrogens with one attached hydrogen (secondary N) is 1. The Labute approximate surface area is 92.6 Å². The highest BCUT2D eigenvalue weighted by atomic mass is 16.5. The van der Waals surface area contributed by atoms with Crippen LogP contribution in [0.4, 0.5) is 0 Å². The molecule has 1 amide bonds. The van der Waals surface area contributed by atoms with Crippen molar-refractivity contribution in [2.75, 3.05) is 0 Å². The molecule has 1 aromatic heterocycles. The molecular weight excluding hydrogens is 212 g/mol. The number of amides is 1. The monoisotopic (exact) mass is 226 g/mol. The molecule has 0 aliphatic heterocycles. The van der Waals surface area contributed by atoms with Crippen LogP contribution in [-0.4, -0.2) is 22.1 Å². The minimum Gasteiger partial charge on any atom is -0.481 e. The van der Waals surface area contributed by atoms with Crippen LogP contribution in [-0.2, 0) is 16.1 Å². The van der Waals surface area contributed by atoms with Gasteiger partial charge < -0.3 is 14.9 Å². The Morgan fingerprint density at radius 3 is 2.75 bits per heavy atom. The second-order valence-electron chi connectivity index (χ2n) is 4.12. The number of hydrogen-bond donors (Lipinski definition) is 2. The predicted octanol–water partition coefficient (Wildman–Crippen LogP) is 0.792. The summed E-state index contributed by atoms with van der Waals surface area (Å²) in [7, 11) is 0. The molecule has 0 atom stereocenters. The average Bonchev–Trinajstić information content (AvgIpc) is 2.66. The fourth-order valence-electron chi connectivity index (χ4n) is 1.06. The summed E-state index contributed by atoms with van der Waals surface area (Å²) in [5.74, 6) is -0.799. The largest absolute Gasteiger partial charge is 0.481 e. The predicted molar refractivity (Wildman–Crippen MR) is 54.4 cm³/mol. The summed E-state index contributed by atoms with van der Waals surface area (Å²) in [6.07, 6.45) is 1.40. The van der Waals surface area contributed by atoms with E-state index in [2.05, 4.69) is 10.5 Å². The topological polar surface area (TPSA) is 92.4 Å². The van der Waals surface area contributed by atoms with Crippen molar-refractivity contribution in [3.63, 3.8) is 0 Å². The molecule has 0 unspecified atom stereocenters. The van der Waals surface area contributed by atoms with Crippen LogP contribution in [0.3, 0.4) is 0 Å². The number of rotatable bonds is 5. The van der Waals surface area contributed by atoms with Crippen molar-refractivity contribution < 1.29 is 19.2 Å². The van der Waals surface area contributed by atoms with Gasteiger partial charge in [0.2, 0.25) is 5.91 Å². The van der Waals surface area contributed by atoms with Gasteiger partial charge in [-0.2, -0.15) is 0 Å². The minimum atomic E-state index is -1.06. The van der Waals surface area contributed by atoms with Crippen molar-refractivity contribution in [2.45, 2.75) is 26.8 Å². The number of carbonyl (C=O) groups excluding carboxylic acids is 1. The van der Waals surface area contributed by atoms with Crippen molar-refractivity contribution in [1.29, 1.82) is 0 Å². The van der Waals surface area contributed by atoms with Crippen molar-refractivity contribution in [3.8, 4) is 0 Å². The van der Waals surface area contributed by atoms with Crippen LogP contribution in [0.2, 0.25) is 0 Å². The van der Waals surface area contributed by atoms with Gasteiger partial charge >= 0.3 is 5.97 Å². The molecule has 0 spiro atoms. The molecule has 0 bridgehead atoms. The first-order valence-corrected chi connectivity index (χ1v) is 4.81. The normalized spacial score (nSPS) is 11.1. The Morgan fingerprint density at radius 2 is 2.25 bits per heavy atom. The molecule has 1 rings (SSSR count). The number of carbonyl (C=O) groups is 2. The third kappa shape index (κ3) is 3.38. The zero-order chi connectivity index (χ0) is 12.2. The van der Waals surface area contributed by atoms with Crippen LogP contribution in [0.5, 0.6) is 0 Å². The van der Waals surface area contributed by atoms with E-state index < -0.39 is 11.4 Å². The van der Waals surface area contributed by atoms with Crippen LogP contribution in [0.25, 0.3) is 0 Å². The molecule has 88 valence electrons. The van der Waals surface area contributed by atoms with E-state index >= 15 is 0 Å². The van der Waals surface area contributed by atoms with Crippen LogP contribution in [0, 0.1) is 5.41 Å². The van der Waals surface area contributed by atoms with E-state index in [0.717, 1.165) is 0 Å². The van der Waals surface area contributed by atoms with Crippen molar-refractivity contribution in [2.24, 2.45) is 5.41 Å². The summed E-state index contributed by atoms with van der Waals surface area (Å²) in [5, 5.41) is 14.9. The van der Waals surface area contributed by atoms with Crippen LogP contribution in [0.1, 0.15) is 26.0 Å². The van der Waals surface area contributed by atoms with E-state index in [1.807, 2.05) is 0 Å². The van der Waals surface area contributed by atoms with Gasteiger partial charge in [0.1, 0.15) is 0 Å². The number of hydrogen-bond acceptors (Lipinski definition) is 4. The van der Waals surface area contributed by atoms with E-state index in [1.54, 1.807) is 6.07 Å². The summed E-state index contributed by atoms with van der Waals surface area (Å²) >= 11 is 0. The molecule has 2 N–H and O–H groups in total. The van der Waals surface area contributed by atoms with Gasteiger partial charge in [-0.1, -0.05) is 5.16 Å². The smallest absolute Gasteiger partial charge is 0.309 e. The van der Waals surface area contributed by atoms with Gasteiger partial charge in [0.25, 0.3) is 0 Å². The van der Waals surface area contributed by atoms with Gasteiger partial charge in [0.15, 0.2) is 5.76 Å². The number of carboxylic acids is 1. The van der Waals surface area contributed by atoms with Crippen molar-refractivity contribution in [1.82, 2.24) is 10.5 Å². The molecule has 0 fully saturated rings. The molecule has 0 aromatic carbocycles. The number of nitrogens with zero attached hydrogens (tertiary/aromatic N) is 1. The maximum Gasteiger partial charge on any atom is 0.309 e. The molecule has 0 aliphatic carbocycles. The van der Waals surface area contributed by atoms with E-state index in [-0.39, 0.29) is 18.9 Å². The fourth-order valence-corrected chi connectivity index (χ4v) is 1.06. The lowest BCUT2D eigenvalue weighted by Crippen LogP contribution is -2.33. The first-order chi connectivity index (χ1) is 7.42. The summed E-state index contributed by atoms with van der Waals surface area (Å²) in [4.78, 5) is 22.2. The fraction of sp³-hybridized carbons (Fsp3) is 0.500. The number of aromatic nitrogens is 1. The zero-order valence-electron chi connectivity index (χ0n) is 9.19. The molecule has 0 aliphatic rings. The molecule has 0 saturated heterocycles. The van der Waals surface area contributed by atoms with Crippen molar-refractivity contribution in [3.05, 3.63) is 18.0 Å². The lowest BCUT2D eigenvalue weighted by atomic mass is 9.89. The Morgan fingerprint density at radius 1 is 1.56 bits per heavy atom. The van der Waals surface area contributed by atoms with Gasteiger partial charge in [0, 0.05) is 12.5 Å². The Kier molecular flexibility index (Phi) is 3.65. The van der Waals surface area contributed by atoms with Gasteiger partial charge in [-0.3, -0.25) is 9.59 Å². The van der Waals surface area contributed by atoms with E-state index in [9.17, 15) is 9.59 Å². The highest BCUT2D eigenvalue weighted by molar-refractivity contribution is 5.84. The van der Waals surface area contributed by atoms with Crippen LogP contribution < -0.4 is 5.32 Å². The quantitative estimate of drug-likeness (QED) is 0.774. The van der Waals surface area contributed by atoms with Crippen LogP contribution in [0.15, 0.2) is 16.8 Å². The van der Waals surface area contributed by atoms with Gasteiger partial charge in [-0.05, 0) is 13.8 Å². The third-order valence-electron chi connectivity index (χ3n) is 2.13. The second kappa shape index (κ2) is 4.78. The molecule has 6 nitrogen and oxygen atoms in total. The average molecular weight is 226 g/mol. The Hall–Kier alpha value is -1.85. The first kappa shape index (κ1) is 12.2. The van der Waals surface area contributed by atoms with Gasteiger partial charge in [-0.15, -0.1) is 0 Å². The van der Waals surface area contributed by atoms with Crippen LogP contribution >= 0.6 is 0 Å². The lowest BCUT2D eigenvalue weighted by Gasteiger charge is -2.17. The Bertz CT molecular complexity index is 370. The highest BCUT2D eigenvalue weighted by Gasteiger charge is 2.29. The third-order valence-corrected chi connectivity index (χ3v) is 2.13. The lowest BCUT2D eigenvalue weighted by molar-refractivity contribution is -0.149. The summed E-state index contributed by atoms with van der Waals surface area (Å²) in [5.41, 5.74) is -1.06. The van der Waals surface area contributed by atoms with Crippen molar-refractivity contribution >= 4 is 11.9 Å². The molecule has 16 heavy (non-hydrogen) atoms. The molecule has 1 aromatic rings. The zero-order valence-corrected chi connectivity index (χ0v) is 9.19.